The summed E-state index contributed by atoms with van der Waals surface area (Å²) in [6.45, 7) is 0.591. The van der Waals surface area contributed by atoms with Crippen LogP contribution in [0.1, 0.15) is 0 Å². The van der Waals surface area contributed by atoms with Crippen molar-refractivity contribution in [1.29, 1.82) is 0 Å². The lowest BCUT2D eigenvalue weighted by molar-refractivity contribution is 0.344. The van der Waals surface area contributed by atoms with Gasteiger partial charge in [0.15, 0.2) is 5.65 Å². The van der Waals surface area contributed by atoms with Crippen LogP contribution in [0.25, 0.3) is 11.2 Å². The summed E-state index contributed by atoms with van der Waals surface area (Å²) < 4.78 is 5.63. The van der Waals surface area contributed by atoms with Crippen molar-refractivity contribution in [2.24, 2.45) is 0 Å². The van der Waals surface area contributed by atoms with Gasteiger partial charge in [0.2, 0.25) is 0 Å². The summed E-state index contributed by atoms with van der Waals surface area (Å²) in [5.74, 6) is 1.60. The van der Waals surface area contributed by atoms with Gasteiger partial charge in [0, 0.05) is 11.4 Å². The first-order valence-corrected chi connectivity index (χ1v) is 7.07. The molecule has 0 radical (unpaired) electrons. The molecular formula is C13H13N5OS. The van der Waals surface area contributed by atoms with Crippen molar-refractivity contribution in [1.82, 2.24) is 19.9 Å². The van der Waals surface area contributed by atoms with Crippen LogP contribution < -0.4 is 10.5 Å². The quantitative estimate of drug-likeness (QED) is 0.323. The third-order valence-corrected chi connectivity index (χ3v) is 3.61. The summed E-state index contributed by atoms with van der Waals surface area (Å²) in [7, 11) is 0. The smallest absolute Gasteiger partial charge is 0.181 e. The first kappa shape index (κ1) is 12.7. The molecule has 0 fully saturated rings. The van der Waals surface area contributed by atoms with Gasteiger partial charge in [-0.25, -0.2) is 15.0 Å². The summed E-state index contributed by atoms with van der Waals surface area (Å²) in [4.78, 5) is 15.5. The van der Waals surface area contributed by atoms with E-state index in [2.05, 4.69) is 19.9 Å². The van der Waals surface area contributed by atoms with Crippen molar-refractivity contribution in [2.75, 3.05) is 18.1 Å². The summed E-state index contributed by atoms with van der Waals surface area (Å²) in [5, 5.41) is 0.883. The number of nitrogen functional groups attached to an aromatic ring is 1. The van der Waals surface area contributed by atoms with Crippen LogP contribution in [0.5, 0.6) is 5.75 Å². The molecule has 0 aliphatic heterocycles. The average molecular weight is 287 g/mol. The van der Waals surface area contributed by atoms with E-state index < -0.39 is 0 Å². The molecule has 0 spiro atoms. The third kappa shape index (κ3) is 2.83. The van der Waals surface area contributed by atoms with Crippen LogP contribution in [0.3, 0.4) is 0 Å². The number of thioether (sulfide) groups is 1. The predicted octanol–water partition coefficient (Wildman–Crippen LogP) is 2.11. The first-order valence-electron chi connectivity index (χ1n) is 6.08. The van der Waals surface area contributed by atoms with Crippen molar-refractivity contribution in [2.45, 2.75) is 5.03 Å². The number of benzene rings is 1. The number of rotatable bonds is 5. The number of aromatic amines is 1. The number of aromatic nitrogens is 4. The molecule has 0 atom stereocenters. The van der Waals surface area contributed by atoms with Crippen LogP contribution in [0.4, 0.5) is 5.69 Å². The topological polar surface area (TPSA) is 89.7 Å². The van der Waals surface area contributed by atoms with Crippen molar-refractivity contribution < 1.29 is 4.74 Å². The molecule has 7 heteroatoms. The van der Waals surface area contributed by atoms with Crippen LogP contribution in [-0.2, 0) is 0 Å². The van der Waals surface area contributed by atoms with Crippen LogP contribution >= 0.6 is 11.8 Å². The number of nitrogens with one attached hydrogen (secondary N) is 1. The molecule has 20 heavy (non-hydrogen) atoms. The fourth-order valence-electron chi connectivity index (χ4n) is 1.71. The van der Waals surface area contributed by atoms with Gasteiger partial charge in [-0.15, -0.1) is 11.8 Å². The third-order valence-electron chi connectivity index (χ3n) is 2.66. The summed E-state index contributed by atoms with van der Waals surface area (Å²) in [6, 6.07) is 7.36. The lowest BCUT2D eigenvalue weighted by atomic mass is 10.3. The zero-order valence-electron chi connectivity index (χ0n) is 10.6. The molecule has 0 aliphatic rings. The Balaban J connectivity index is 1.55. The van der Waals surface area contributed by atoms with E-state index in [0.29, 0.717) is 12.3 Å². The number of fused-ring (bicyclic) bond motifs is 1. The second-order valence-corrected chi connectivity index (χ2v) is 5.13. The minimum absolute atomic E-state index is 0.591. The van der Waals surface area contributed by atoms with Gasteiger partial charge in [-0.3, -0.25) is 0 Å². The number of imidazole rings is 1. The molecule has 2 heterocycles. The highest BCUT2D eigenvalue weighted by molar-refractivity contribution is 7.99. The Morgan fingerprint density at radius 3 is 2.85 bits per heavy atom. The second kappa shape index (κ2) is 5.79. The highest BCUT2D eigenvalue weighted by atomic mass is 32.2. The van der Waals surface area contributed by atoms with E-state index in [9.17, 15) is 0 Å². The Morgan fingerprint density at radius 1 is 1.15 bits per heavy atom. The number of nitrogens with two attached hydrogens (primary N) is 1. The van der Waals surface area contributed by atoms with Crippen LogP contribution in [0.15, 0.2) is 41.9 Å². The Bertz CT molecular complexity index is 697. The maximum Gasteiger partial charge on any atom is 0.181 e. The standard InChI is InChI=1S/C13H13N5OS/c14-9-1-3-10(4-2-9)19-5-6-20-13-11-12(16-7-15-11)17-8-18-13/h1-4,7-8H,5-6,14H2,(H,15,16,17,18). The SMILES string of the molecule is Nc1ccc(OCCSc2ncnc3nc[nH]c23)cc1. The largest absolute Gasteiger partial charge is 0.493 e. The van der Waals surface area contributed by atoms with E-state index >= 15 is 0 Å². The van der Waals surface area contributed by atoms with Gasteiger partial charge in [0.1, 0.15) is 22.6 Å². The molecule has 1 aromatic carbocycles. The second-order valence-electron chi connectivity index (χ2n) is 4.05. The van der Waals surface area contributed by atoms with Gasteiger partial charge < -0.3 is 15.5 Å². The highest BCUT2D eigenvalue weighted by Gasteiger charge is 2.06. The first-order chi connectivity index (χ1) is 9.83. The average Bonchev–Trinajstić information content (AvgIpc) is 2.94. The molecule has 0 saturated carbocycles. The lowest BCUT2D eigenvalue weighted by Gasteiger charge is -2.06. The van der Waals surface area contributed by atoms with E-state index in [4.69, 9.17) is 10.5 Å². The zero-order chi connectivity index (χ0) is 13.8. The van der Waals surface area contributed by atoms with Crippen molar-refractivity contribution in [3.8, 4) is 5.75 Å². The van der Waals surface area contributed by atoms with E-state index in [0.717, 1.165) is 27.7 Å². The van der Waals surface area contributed by atoms with E-state index in [1.165, 1.54) is 6.33 Å². The molecule has 0 amide bonds. The molecule has 2 aromatic heterocycles. The number of H-pyrrole nitrogens is 1. The molecule has 102 valence electrons. The van der Waals surface area contributed by atoms with Crippen LogP contribution in [-0.4, -0.2) is 32.3 Å². The van der Waals surface area contributed by atoms with Gasteiger partial charge >= 0.3 is 0 Å². The molecule has 0 bridgehead atoms. The number of ether oxygens (including phenoxy) is 1. The molecule has 0 saturated heterocycles. The number of hydrogen-bond donors (Lipinski definition) is 2. The van der Waals surface area contributed by atoms with Gasteiger partial charge in [0.05, 0.1) is 12.9 Å². The van der Waals surface area contributed by atoms with E-state index in [-0.39, 0.29) is 0 Å². The molecule has 3 rings (SSSR count). The summed E-state index contributed by atoms with van der Waals surface area (Å²) in [6.07, 6.45) is 3.14. The minimum Gasteiger partial charge on any atom is -0.493 e. The maximum absolute atomic E-state index is 5.63. The fourth-order valence-corrected chi connectivity index (χ4v) is 2.49. The Kier molecular flexibility index (Phi) is 3.69. The maximum atomic E-state index is 5.63. The monoisotopic (exact) mass is 287 g/mol. The van der Waals surface area contributed by atoms with E-state index in [1.807, 2.05) is 24.3 Å². The van der Waals surface area contributed by atoms with Crippen LogP contribution in [0, 0.1) is 0 Å². The van der Waals surface area contributed by atoms with Crippen molar-refractivity contribution in [3.05, 3.63) is 36.9 Å². The number of nitrogens with zero attached hydrogens (tertiary/aromatic N) is 3. The normalized spacial score (nSPS) is 10.8. The number of anilines is 1. The fraction of sp³-hybridized carbons (Fsp3) is 0.154. The minimum atomic E-state index is 0.591. The Hall–Kier alpha value is -2.28. The molecular weight excluding hydrogens is 274 g/mol. The van der Waals surface area contributed by atoms with Gasteiger partial charge in [-0.2, -0.15) is 0 Å². The Morgan fingerprint density at radius 2 is 2.00 bits per heavy atom. The molecule has 3 aromatic rings. The van der Waals surface area contributed by atoms with E-state index in [1.54, 1.807) is 18.1 Å². The van der Waals surface area contributed by atoms with Gasteiger partial charge in [-0.05, 0) is 24.3 Å². The van der Waals surface area contributed by atoms with Crippen LogP contribution in [0.2, 0.25) is 0 Å². The lowest BCUT2D eigenvalue weighted by Crippen LogP contribution is -2.00. The Labute approximate surface area is 119 Å². The summed E-state index contributed by atoms with van der Waals surface area (Å²) in [5.41, 5.74) is 7.90. The van der Waals surface area contributed by atoms with Gasteiger partial charge in [0.25, 0.3) is 0 Å². The van der Waals surface area contributed by atoms with Crippen molar-refractivity contribution >= 4 is 28.6 Å². The number of hydrogen-bond acceptors (Lipinski definition) is 6. The molecule has 0 aliphatic carbocycles. The molecule has 3 N–H and O–H groups in total. The van der Waals surface area contributed by atoms with Gasteiger partial charge in [-0.1, -0.05) is 0 Å². The highest BCUT2D eigenvalue weighted by Crippen LogP contribution is 2.21. The zero-order valence-corrected chi connectivity index (χ0v) is 11.4. The summed E-state index contributed by atoms with van der Waals surface area (Å²) >= 11 is 1.60. The molecule has 0 unspecified atom stereocenters. The molecule has 6 nitrogen and oxygen atoms in total. The van der Waals surface area contributed by atoms with Crippen molar-refractivity contribution in [3.63, 3.8) is 0 Å². The predicted molar refractivity (Wildman–Crippen MR) is 78.8 cm³/mol.